The Morgan fingerprint density at radius 1 is 1.11 bits per heavy atom. The van der Waals surface area contributed by atoms with Gasteiger partial charge in [0.25, 0.3) is 0 Å². The highest BCUT2D eigenvalue weighted by atomic mass is 35.5. The number of benzene rings is 2. The minimum absolute atomic E-state index is 0.0845. The number of amides is 1. The fourth-order valence-corrected chi connectivity index (χ4v) is 3.30. The van der Waals surface area contributed by atoms with Crippen LogP contribution in [0.2, 0.25) is 5.02 Å². The van der Waals surface area contributed by atoms with Crippen LogP contribution < -0.4 is 16.2 Å². The number of halogens is 1. The van der Waals surface area contributed by atoms with E-state index < -0.39 is 0 Å². The summed E-state index contributed by atoms with van der Waals surface area (Å²) in [7, 11) is 0. The Bertz CT molecular complexity index is 910. The monoisotopic (exact) mass is 381 g/mol. The molecule has 0 radical (unpaired) electrons. The van der Waals surface area contributed by atoms with Crippen molar-refractivity contribution < 1.29 is 4.79 Å². The molecule has 4 rings (SSSR count). The molecule has 2 heterocycles. The first-order valence-corrected chi connectivity index (χ1v) is 9.20. The molecular formula is C20H20ClN5O. The molecule has 3 aromatic rings. The van der Waals surface area contributed by atoms with Crippen molar-refractivity contribution in [3.63, 3.8) is 0 Å². The summed E-state index contributed by atoms with van der Waals surface area (Å²) in [5.74, 6) is 0.582. The normalized spacial score (nSPS) is 19.1. The Kier molecular flexibility index (Phi) is 5.20. The van der Waals surface area contributed by atoms with Crippen molar-refractivity contribution in [2.45, 2.75) is 25.0 Å². The molecule has 138 valence electrons. The number of nitrogens with zero attached hydrogens (tertiary/aromatic N) is 2. The van der Waals surface area contributed by atoms with Crippen molar-refractivity contribution in [2.75, 3.05) is 5.32 Å². The molecule has 0 saturated carbocycles. The summed E-state index contributed by atoms with van der Waals surface area (Å²) in [5.41, 5.74) is 8.50. The third-order valence-corrected chi connectivity index (χ3v) is 4.89. The highest BCUT2D eigenvalue weighted by molar-refractivity contribution is 6.30. The highest BCUT2D eigenvalue weighted by Crippen LogP contribution is 2.22. The van der Waals surface area contributed by atoms with E-state index in [1.54, 1.807) is 16.9 Å². The van der Waals surface area contributed by atoms with E-state index in [1.165, 1.54) is 0 Å². The molecule has 1 aliphatic heterocycles. The van der Waals surface area contributed by atoms with Crippen molar-refractivity contribution in [3.05, 3.63) is 83.0 Å². The Morgan fingerprint density at radius 3 is 2.67 bits per heavy atom. The van der Waals surface area contributed by atoms with Crippen LogP contribution >= 0.6 is 11.6 Å². The molecule has 2 atom stereocenters. The molecule has 27 heavy (non-hydrogen) atoms. The zero-order valence-corrected chi connectivity index (χ0v) is 15.4. The maximum atomic E-state index is 12.7. The van der Waals surface area contributed by atoms with Gasteiger partial charge in [0.1, 0.15) is 11.9 Å². The molecule has 2 unspecified atom stereocenters. The zero-order chi connectivity index (χ0) is 18.6. The van der Waals surface area contributed by atoms with Gasteiger partial charge in [-0.3, -0.25) is 4.79 Å². The molecule has 1 fully saturated rings. The lowest BCUT2D eigenvalue weighted by molar-refractivity contribution is -0.117. The number of aromatic nitrogens is 2. The van der Waals surface area contributed by atoms with Crippen molar-refractivity contribution in [3.8, 4) is 0 Å². The van der Waals surface area contributed by atoms with Crippen LogP contribution in [0, 0.1) is 0 Å². The third kappa shape index (κ3) is 4.19. The predicted octanol–water partition coefficient (Wildman–Crippen LogP) is 3.13. The Morgan fingerprint density at radius 2 is 1.89 bits per heavy atom. The lowest BCUT2D eigenvalue weighted by Crippen LogP contribution is -2.40. The number of hydrogen-bond donors (Lipinski definition) is 3. The lowest BCUT2D eigenvalue weighted by Gasteiger charge is -2.12. The van der Waals surface area contributed by atoms with Gasteiger partial charge in [-0.2, -0.15) is 5.10 Å². The van der Waals surface area contributed by atoms with Gasteiger partial charge in [0.05, 0.1) is 12.7 Å². The number of carbonyl (C=O) groups is 1. The average Bonchev–Trinajstić information content (AvgIpc) is 3.34. The van der Waals surface area contributed by atoms with Gasteiger partial charge >= 0.3 is 0 Å². The maximum absolute atomic E-state index is 12.7. The zero-order valence-electron chi connectivity index (χ0n) is 14.6. The number of hydrazine groups is 1. The van der Waals surface area contributed by atoms with E-state index >= 15 is 0 Å². The Hall–Kier alpha value is -2.67. The fraction of sp³-hybridized carbons (Fsp3) is 0.200. The van der Waals surface area contributed by atoms with Gasteiger partial charge < -0.3 is 5.32 Å². The molecule has 3 N–H and O–H groups in total. The third-order valence-electron chi connectivity index (χ3n) is 4.64. The maximum Gasteiger partial charge on any atom is 0.244 e. The topological polar surface area (TPSA) is 71.0 Å². The van der Waals surface area contributed by atoms with E-state index in [1.807, 2.05) is 42.5 Å². The van der Waals surface area contributed by atoms with Gasteiger partial charge in [-0.1, -0.05) is 54.1 Å². The van der Waals surface area contributed by atoms with Crippen LogP contribution in [0.25, 0.3) is 0 Å². The molecule has 0 spiro atoms. The second-order valence-electron chi connectivity index (χ2n) is 6.53. The molecule has 2 aromatic carbocycles. The number of carbonyl (C=O) groups excluding carboxylic acids is 1. The van der Waals surface area contributed by atoms with Gasteiger partial charge in [-0.05, 0) is 29.7 Å². The van der Waals surface area contributed by atoms with Crippen molar-refractivity contribution >= 4 is 23.3 Å². The SMILES string of the molecule is O=C(Nc1ccnn1Cc1ccc(Cl)cc1)C1CC(c2ccccc2)NN1. The summed E-state index contributed by atoms with van der Waals surface area (Å²) >= 11 is 5.93. The van der Waals surface area contributed by atoms with Crippen LogP contribution in [0.3, 0.4) is 0 Å². The van der Waals surface area contributed by atoms with Crippen LogP contribution in [-0.4, -0.2) is 21.7 Å². The van der Waals surface area contributed by atoms with Gasteiger partial charge in [0.2, 0.25) is 5.91 Å². The Balaban J connectivity index is 1.39. The van der Waals surface area contributed by atoms with Crippen LogP contribution in [0.15, 0.2) is 66.9 Å². The first-order valence-electron chi connectivity index (χ1n) is 8.82. The average molecular weight is 382 g/mol. The Labute approximate surface area is 162 Å². The summed E-state index contributed by atoms with van der Waals surface area (Å²) in [5, 5.41) is 7.97. The van der Waals surface area contributed by atoms with Gasteiger partial charge in [0, 0.05) is 17.1 Å². The highest BCUT2D eigenvalue weighted by Gasteiger charge is 2.30. The van der Waals surface area contributed by atoms with Crippen LogP contribution in [0.5, 0.6) is 0 Å². The first-order chi connectivity index (χ1) is 13.2. The van der Waals surface area contributed by atoms with Crippen molar-refractivity contribution in [2.24, 2.45) is 0 Å². The second kappa shape index (κ2) is 7.92. The quantitative estimate of drug-likeness (QED) is 0.635. The minimum atomic E-state index is -0.311. The van der Waals surface area contributed by atoms with E-state index in [2.05, 4.69) is 33.4 Å². The molecule has 1 saturated heterocycles. The van der Waals surface area contributed by atoms with E-state index in [0.29, 0.717) is 23.8 Å². The number of anilines is 1. The van der Waals surface area contributed by atoms with Crippen LogP contribution in [-0.2, 0) is 11.3 Å². The van der Waals surface area contributed by atoms with E-state index in [-0.39, 0.29) is 18.0 Å². The standard InChI is InChI=1S/C20H20ClN5O/c21-16-8-6-14(7-9-16)13-26-19(10-11-22-26)23-20(27)18-12-17(24-25-18)15-4-2-1-3-5-15/h1-11,17-18,24-25H,12-13H2,(H,23,27). The second-order valence-corrected chi connectivity index (χ2v) is 6.97. The lowest BCUT2D eigenvalue weighted by atomic mass is 10.0. The molecule has 0 aliphatic carbocycles. The van der Waals surface area contributed by atoms with Gasteiger partial charge in [0.15, 0.2) is 0 Å². The molecule has 1 amide bonds. The number of nitrogens with one attached hydrogen (secondary N) is 3. The molecule has 6 nitrogen and oxygen atoms in total. The van der Waals surface area contributed by atoms with Crippen LogP contribution in [0.4, 0.5) is 5.82 Å². The predicted molar refractivity (Wildman–Crippen MR) is 105 cm³/mol. The van der Waals surface area contributed by atoms with E-state index in [9.17, 15) is 4.79 Å². The number of rotatable bonds is 5. The summed E-state index contributed by atoms with van der Waals surface area (Å²) in [6.45, 7) is 0.558. The molecule has 7 heteroatoms. The molecular weight excluding hydrogens is 362 g/mol. The van der Waals surface area contributed by atoms with Crippen LogP contribution in [0.1, 0.15) is 23.6 Å². The largest absolute Gasteiger partial charge is 0.309 e. The summed E-state index contributed by atoms with van der Waals surface area (Å²) in [6, 6.07) is 19.3. The fourth-order valence-electron chi connectivity index (χ4n) is 3.17. The first kappa shape index (κ1) is 17.7. The van der Waals surface area contributed by atoms with E-state index in [0.717, 1.165) is 11.1 Å². The van der Waals surface area contributed by atoms with Crippen molar-refractivity contribution in [1.29, 1.82) is 0 Å². The smallest absolute Gasteiger partial charge is 0.244 e. The molecule has 1 aliphatic rings. The van der Waals surface area contributed by atoms with Gasteiger partial charge in [-0.25, -0.2) is 15.5 Å². The van der Waals surface area contributed by atoms with Crippen molar-refractivity contribution in [1.82, 2.24) is 20.6 Å². The van der Waals surface area contributed by atoms with Gasteiger partial charge in [-0.15, -0.1) is 0 Å². The van der Waals surface area contributed by atoms with E-state index in [4.69, 9.17) is 11.6 Å². The number of hydrogen-bond acceptors (Lipinski definition) is 4. The summed E-state index contributed by atoms with van der Waals surface area (Å²) < 4.78 is 1.76. The minimum Gasteiger partial charge on any atom is -0.309 e. The molecule has 0 bridgehead atoms. The summed E-state index contributed by atoms with van der Waals surface area (Å²) in [4.78, 5) is 12.7. The molecule has 1 aromatic heterocycles. The summed E-state index contributed by atoms with van der Waals surface area (Å²) in [6.07, 6.45) is 2.36.